The minimum absolute atomic E-state index is 0. The lowest BCUT2D eigenvalue weighted by molar-refractivity contribution is 0.396. The molecule has 0 unspecified atom stereocenters. The van der Waals surface area contributed by atoms with E-state index in [0.717, 1.165) is 62.1 Å². The molecule has 0 saturated heterocycles. The number of rotatable bonds is 10. The van der Waals surface area contributed by atoms with E-state index in [1.807, 2.05) is 36.4 Å². The fourth-order valence-corrected chi connectivity index (χ4v) is 2.74. The number of para-hydroxylation sites is 1. The lowest BCUT2D eigenvalue weighted by Crippen LogP contribution is -2.38. The number of aromatic nitrogens is 1. The topological polar surface area (TPSA) is 61.8 Å². The number of unbranched alkanes of at least 4 members (excludes halogenated alkanes) is 1. The van der Waals surface area contributed by atoms with Gasteiger partial charge < -0.3 is 20.3 Å². The standard InChI is InChI=1S/C21H31N5O.HI/c1-4-22-21(26(2)17-18-11-5-6-12-19(18)27-3)25-16-10-9-15-24-20-13-7-8-14-23-20;/h5-8,11-14H,4,9-10,15-17H2,1-3H3,(H,22,25)(H,23,24);1H. The molecule has 0 aliphatic heterocycles. The summed E-state index contributed by atoms with van der Waals surface area (Å²) in [5, 5.41) is 6.69. The van der Waals surface area contributed by atoms with E-state index in [1.54, 1.807) is 13.3 Å². The summed E-state index contributed by atoms with van der Waals surface area (Å²) in [6.45, 7) is 5.37. The van der Waals surface area contributed by atoms with Crippen molar-refractivity contribution in [1.29, 1.82) is 0 Å². The SMILES string of the molecule is CCNC(=NCCCCNc1ccccn1)N(C)Cc1ccccc1OC.I. The molecule has 0 bridgehead atoms. The molecule has 0 radical (unpaired) electrons. The molecule has 2 aromatic rings. The van der Waals surface area contributed by atoms with Gasteiger partial charge in [0, 0.05) is 45.0 Å². The Bertz CT molecular complexity index is 696. The normalized spacial score (nSPS) is 10.8. The number of nitrogens with one attached hydrogen (secondary N) is 2. The third-order valence-electron chi connectivity index (χ3n) is 4.11. The van der Waals surface area contributed by atoms with E-state index in [9.17, 15) is 0 Å². The molecule has 0 saturated carbocycles. The van der Waals surface area contributed by atoms with Gasteiger partial charge in [-0.2, -0.15) is 0 Å². The van der Waals surface area contributed by atoms with E-state index in [-0.39, 0.29) is 24.0 Å². The zero-order chi connectivity index (χ0) is 19.3. The van der Waals surface area contributed by atoms with Gasteiger partial charge in [-0.05, 0) is 38.0 Å². The summed E-state index contributed by atoms with van der Waals surface area (Å²) in [4.78, 5) is 11.1. The highest BCUT2D eigenvalue weighted by Crippen LogP contribution is 2.18. The molecule has 1 heterocycles. The molecule has 7 heteroatoms. The second kappa shape index (κ2) is 14.0. The third-order valence-corrected chi connectivity index (χ3v) is 4.11. The minimum Gasteiger partial charge on any atom is -0.496 e. The van der Waals surface area contributed by atoms with Crippen molar-refractivity contribution < 1.29 is 4.74 Å². The van der Waals surface area contributed by atoms with Gasteiger partial charge in [0.1, 0.15) is 11.6 Å². The molecule has 6 nitrogen and oxygen atoms in total. The number of pyridine rings is 1. The van der Waals surface area contributed by atoms with Crippen LogP contribution in [0.3, 0.4) is 0 Å². The van der Waals surface area contributed by atoms with Crippen molar-refractivity contribution in [2.75, 3.05) is 39.1 Å². The van der Waals surface area contributed by atoms with Gasteiger partial charge in [0.05, 0.1) is 7.11 Å². The molecular formula is C21H32IN5O. The number of halogens is 1. The van der Waals surface area contributed by atoms with Crippen LogP contribution in [0, 0.1) is 0 Å². The van der Waals surface area contributed by atoms with Gasteiger partial charge in [-0.25, -0.2) is 4.98 Å². The van der Waals surface area contributed by atoms with Gasteiger partial charge >= 0.3 is 0 Å². The molecule has 0 fully saturated rings. The Labute approximate surface area is 185 Å². The van der Waals surface area contributed by atoms with Crippen molar-refractivity contribution >= 4 is 35.8 Å². The largest absolute Gasteiger partial charge is 0.496 e. The van der Waals surface area contributed by atoms with Crippen LogP contribution in [0.25, 0.3) is 0 Å². The number of anilines is 1. The quantitative estimate of drug-likeness (QED) is 0.225. The van der Waals surface area contributed by atoms with Crippen LogP contribution in [-0.2, 0) is 6.54 Å². The molecule has 1 aromatic carbocycles. The van der Waals surface area contributed by atoms with Gasteiger partial charge in [-0.3, -0.25) is 4.99 Å². The zero-order valence-electron chi connectivity index (χ0n) is 17.0. The van der Waals surface area contributed by atoms with Crippen LogP contribution in [-0.4, -0.2) is 49.6 Å². The second-order valence-electron chi connectivity index (χ2n) is 6.25. The first kappa shape index (κ1) is 24.0. The summed E-state index contributed by atoms with van der Waals surface area (Å²) in [7, 11) is 3.76. The second-order valence-corrected chi connectivity index (χ2v) is 6.25. The molecule has 2 N–H and O–H groups in total. The monoisotopic (exact) mass is 497 g/mol. The van der Waals surface area contributed by atoms with Gasteiger partial charge in [-0.1, -0.05) is 24.3 Å². The average molecular weight is 497 g/mol. The number of hydrogen-bond acceptors (Lipinski definition) is 4. The molecule has 1 aromatic heterocycles. The summed E-state index contributed by atoms with van der Waals surface area (Å²) >= 11 is 0. The first-order valence-electron chi connectivity index (χ1n) is 9.50. The fourth-order valence-electron chi connectivity index (χ4n) is 2.74. The molecule has 154 valence electrons. The lowest BCUT2D eigenvalue weighted by atomic mass is 10.2. The van der Waals surface area contributed by atoms with Crippen LogP contribution >= 0.6 is 24.0 Å². The van der Waals surface area contributed by atoms with E-state index in [2.05, 4.69) is 40.6 Å². The number of guanidine groups is 1. The maximum absolute atomic E-state index is 5.45. The molecule has 28 heavy (non-hydrogen) atoms. The van der Waals surface area contributed by atoms with Gasteiger partial charge in [0.2, 0.25) is 0 Å². The maximum Gasteiger partial charge on any atom is 0.193 e. The van der Waals surface area contributed by atoms with Gasteiger partial charge in [-0.15, -0.1) is 24.0 Å². The minimum atomic E-state index is 0. The highest BCUT2D eigenvalue weighted by molar-refractivity contribution is 14.0. The number of hydrogen-bond donors (Lipinski definition) is 2. The summed E-state index contributed by atoms with van der Waals surface area (Å²) < 4.78 is 5.45. The number of ether oxygens (including phenoxy) is 1. The van der Waals surface area contributed by atoms with Crippen molar-refractivity contribution in [3.8, 4) is 5.75 Å². The molecule has 2 rings (SSSR count). The molecule has 0 aliphatic carbocycles. The number of aliphatic imine (C=N–C) groups is 1. The first-order chi connectivity index (χ1) is 13.2. The molecule has 0 aliphatic rings. The third kappa shape index (κ3) is 8.33. The Hall–Kier alpha value is -2.03. The molecule has 0 atom stereocenters. The Morgan fingerprint density at radius 2 is 1.93 bits per heavy atom. The summed E-state index contributed by atoms with van der Waals surface area (Å²) in [5.74, 6) is 2.74. The van der Waals surface area contributed by atoms with Crippen LogP contribution in [0.1, 0.15) is 25.3 Å². The molecule has 0 spiro atoms. The van der Waals surface area contributed by atoms with E-state index in [1.165, 1.54) is 0 Å². The van der Waals surface area contributed by atoms with Crippen LogP contribution in [0.2, 0.25) is 0 Å². The molecular weight excluding hydrogens is 465 g/mol. The maximum atomic E-state index is 5.45. The fraction of sp³-hybridized carbons (Fsp3) is 0.429. The van der Waals surface area contributed by atoms with Gasteiger partial charge in [0.25, 0.3) is 0 Å². The van der Waals surface area contributed by atoms with Crippen molar-refractivity contribution in [3.63, 3.8) is 0 Å². The van der Waals surface area contributed by atoms with E-state index < -0.39 is 0 Å². The summed E-state index contributed by atoms with van der Waals surface area (Å²) in [6, 6.07) is 14.0. The van der Waals surface area contributed by atoms with E-state index >= 15 is 0 Å². The Balaban J connectivity index is 0.00000392. The molecule has 0 amide bonds. The van der Waals surface area contributed by atoms with Crippen molar-refractivity contribution in [1.82, 2.24) is 15.2 Å². The number of methoxy groups -OCH3 is 1. The van der Waals surface area contributed by atoms with Crippen LogP contribution in [0.4, 0.5) is 5.82 Å². The Morgan fingerprint density at radius 3 is 2.64 bits per heavy atom. The average Bonchev–Trinajstić information content (AvgIpc) is 2.70. The van der Waals surface area contributed by atoms with Gasteiger partial charge in [0.15, 0.2) is 5.96 Å². The van der Waals surface area contributed by atoms with Crippen LogP contribution < -0.4 is 15.4 Å². The lowest BCUT2D eigenvalue weighted by Gasteiger charge is -2.23. The predicted octanol–water partition coefficient (Wildman–Crippen LogP) is 4.00. The van der Waals surface area contributed by atoms with Crippen molar-refractivity contribution in [2.45, 2.75) is 26.3 Å². The smallest absolute Gasteiger partial charge is 0.193 e. The van der Waals surface area contributed by atoms with Crippen LogP contribution in [0.15, 0.2) is 53.7 Å². The number of nitrogens with zero attached hydrogens (tertiary/aromatic N) is 3. The van der Waals surface area contributed by atoms with Crippen LogP contribution in [0.5, 0.6) is 5.75 Å². The van der Waals surface area contributed by atoms with E-state index in [4.69, 9.17) is 9.73 Å². The highest BCUT2D eigenvalue weighted by Gasteiger charge is 2.09. The first-order valence-corrected chi connectivity index (χ1v) is 9.50. The summed E-state index contributed by atoms with van der Waals surface area (Å²) in [6.07, 6.45) is 3.87. The van der Waals surface area contributed by atoms with Crippen molar-refractivity contribution in [3.05, 3.63) is 54.2 Å². The van der Waals surface area contributed by atoms with E-state index in [0.29, 0.717) is 0 Å². The Kier molecular flexibility index (Phi) is 12.0. The highest BCUT2D eigenvalue weighted by atomic mass is 127. The predicted molar refractivity (Wildman–Crippen MR) is 128 cm³/mol. The Morgan fingerprint density at radius 1 is 1.14 bits per heavy atom. The van der Waals surface area contributed by atoms with Crippen molar-refractivity contribution in [2.24, 2.45) is 4.99 Å². The summed E-state index contributed by atoms with van der Waals surface area (Å²) in [5.41, 5.74) is 1.15. The zero-order valence-corrected chi connectivity index (χ0v) is 19.3. The number of benzene rings is 1.